The third-order valence-corrected chi connectivity index (χ3v) is 2.65. The van der Waals surface area contributed by atoms with Crippen LogP contribution < -0.4 is 10.1 Å². The maximum Gasteiger partial charge on any atom is 0.313 e. The first-order chi connectivity index (χ1) is 9.60. The fraction of sp³-hybridized carbons (Fsp3) is 0.154. The number of benzene rings is 1. The number of hydrogen-bond donors (Lipinski definition) is 1. The molecule has 0 bridgehead atoms. The van der Waals surface area contributed by atoms with E-state index in [-0.39, 0.29) is 22.3 Å². The van der Waals surface area contributed by atoms with E-state index in [1.54, 1.807) is 18.2 Å². The van der Waals surface area contributed by atoms with E-state index < -0.39 is 4.92 Å². The van der Waals surface area contributed by atoms with Crippen LogP contribution in [-0.2, 0) is 0 Å². The number of ether oxygens (including phenoxy) is 1. The average molecular weight is 294 g/mol. The number of anilines is 1. The molecule has 0 saturated carbocycles. The summed E-state index contributed by atoms with van der Waals surface area (Å²) in [6.07, 6.45) is 0. The highest BCUT2D eigenvalue weighted by molar-refractivity contribution is 6.30. The largest absolute Gasteiger partial charge is 0.432 e. The highest BCUT2D eigenvalue weighted by Gasteiger charge is 2.16. The molecule has 2 rings (SSSR count). The van der Waals surface area contributed by atoms with Gasteiger partial charge in [0, 0.05) is 23.7 Å². The normalized spacial score (nSPS) is 10.1. The lowest BCUT2D eigenvalue weighted by atomic mass is 10.3. The third-order valence-electron chi connectivity index (χ3n) is 2.41. The van der Waals surface area contributed by atoms with Crippen molar-refractivity contribution in [2.24, 2.45) is 0 Å². The summed E-state index contributed by atoms with van der Waals surface area (Å²) >= 11 is 5.74. The molecule has 0 atom stereocenters. The molecule has 1 aromatic carbocycles. The van der Waals surface area contributed by atoms with Gasteiger partial charge in [-0.2, -0.15) is 4.98 Å². The maximum absolute atomic E-state index is 11.0. The summed E-state index contributed by atoms with van der Waals surface area (Å²) in [4.78, 5) is 14.6. The second kappa shape index (κ2) is 6.21. The molecule has 6 nitrogen and oxygen atoms in total. The Morgan fingerprint density at radius 3 is 2.90 bits per heavy atom. The quantitative estimate of drug-likeness (QED) is 0.669. The minimum absolute atomic E-state index is 0.0977. The molecule has 20 heavy (non-hydrogen) atoms. The van der Waals surface area contributed by atoms with Gasteiger partial charge in [-0.15, -0.1) is 0 Å². The number of nitrogens with one attached hydrogen (secondary N) is 1. The number of nitrogens with zero attached hydrogens (tertiary/aromatic N) is 2. The predicted octanol–water partition coefficient (Wildman–Crippen LogP) is 3.87. The predicted molar refractivity (Wildman–Crippen MR) is 76.6 cm³/mol. The molecule has 0 unspecified atom stereocenters. The van der Waals surface area contributed by atoms with E-state index in [4.69, 9.17) is 16.3 Å². The van der Waals surface area contributed by atoms with Crippen molar-refractivity contribution in [3.63, 3.8) is 0 Å². The van der Waals surface area contributed by atoms with Gasteiger partial charge in [0.05, 0.1) is 4.92 Å². The first-order valence-electron chi connectivity index (χ1n) is 5.93. The van der Waals surface area contributed by atoms with Gasteiger partial charge in [-0.05, 0) is 25.1 Å². The lowest BCUT2D eigenvalue weighted by molar-refractivity contribution is -0.385. The Bertz CT molecular complexity index is 634. The van der Waals surface area contributed by atoms with Crippen molar-refractivity contribution >= 4 is 23.1 Å². The van der Waals surface area contributed by atoms with Gasteiger partial charge in [0.25, 0.3) is 0 Å². The van der Waals surface area contributed by atoms with Gasteiger partial charge in [0.15, 0.2) is 0 Å². The molecule has 2 aromatic rings. The van der Waals surface area contributed by atoms with E-state index in [1.165, 1.54) is 18.2 Å². The van der Waals surface area contributed by atoms with Crippen LogP contribution in [0.4, 0.5) is 11.5 Å². The first-order valence-corrected chi connectivity index (χ1v) is 6.30. The molecule has 7 heteroatoms. The minimum Gasteiger partial charge on any atom is -0.432 e. The standard InChI is InChI=1S/C13H12ClN3O3/c1-2-15-12-4-3-5-13(16-12)20-11-7-6-9(14)8-10(11)17(18)19/h3-8H,2H2,1H3,(H,15,16). The first kappa shape index (κ1) is 14.1. The van der Waals surface area contributed by atoms with Crippen molar-refractivity contribution in [1.82, 2.24) is 4.98 Å². The molecule has 0 aliphatic heterocycles. The number of pyridine rings is 1. The van der Waals surface area contributed by atoms with Crippen molar-refractivity contribution < 1.29 is 9.66 Å². The zero-order valence-corrected chi connectivity index (χ0v) is 11.4. The van der Waals surface area contributed by atoms with Crippen LogP contribution in [0.3, 0.4) is 0 Å². The smallest absolute Gasteiger partial charge is 0.313 e. The van der Waals surface area contributed by atoms with Gasteiger partial charge >= 0.3 is 5.69 Å². The molecule has 1 heterocycles. The van der Waals surface area contributed by atoms with Crippen LogP contribution in [0.2, 0.25) is 5.02 Å². The molecule has 0 aliphatic carbocycles. The molecule has 0 spiro atoms. The van der Waals surface area contributed by atoms with Crippen LogP contribution in [0.25, 0.3) is 0 Å². The zero-order chi connectivity index (χ0) is 14.5. The summed E-state index contributed by atoms with van der Waals surface area (Å²) in [5.74, 6) is 1.01. The van der Waals surface area contributed by atoms with E-state index in [9.17, 15) is 10.1 Å². The summed E-state index contributed by atoms with van der Waals surface area (Å²) in [5.41, 5.74) is -0.201. The second-order valence-electron chi connectivity index (χ2n) is 3.86. The SMILES string of the molecule is CCNc1cccc(Oc2ccc(Cl)cc2[N+](=O)[O-])n1. The lowest BCUT2D eigenvalue weighted by Crippen LogP contribution is -2.00. The van der Waals surface area contributed by atoms with Crippen LogP contribution in [0.15, 0.2) is 36.4 Å². The maximum atomic E-state index is 11.0. The van der Waals surface area contributed by atoms with Gasteiger partial charge in [-0.1, -0.05) is 17.7 Å². The number of hydrogen-bond acceptors (Lipinski definition) is 5. The molecule has 0 amide bonds. The molecular formula is C13H12ClN3O3. The van der Waals surface area contributed by atoms with Crippen molar-refractivity contribution in [3.8, 4) is 11.6 Å². The van der Waals surface area contributed by atoms with Crippen molar-refractivity contribution in [2.75, 3.05) is 11.9 Å². The number of rotatable bonds is 5. The van der Waals surface area contributed by atoms with Crippen molar-refractivity contribution in [1.29, 1.82) is 0 Å². The number of halogens is 1. The van der Waals surface area contributed by atoms with Gasteiger partial charge in [-0.3, -0.25) is 10.1 Å². The Morgan fingerprint density at radius 1 is 1.40 bits per heavy atom. The van der Waals surface area contributed by atoms with Crippen LogP contribution in [-0.4, -0.2) is 16.5 Å². The third kappa shape index (κ3) is 3.36. The number of aromatic nitrogens is 1. The Morgan fingerprint density at radius 2 is 2.20 bits per heavy atom. The number of nitro groups is 1. The summed E-state index contributed by atoms with van der Waals surface area (Å²) < 4.78 is 5.46. The fourth-order valence-electron chi connectivity index (χ4n) is 1.58. The zero-order valence-electron chi connectivity index (χ0n) is 10.7. The Balaban J connectivity index is 2.30. The van der Waals surface area contributed by atoms with Gasteiger partial charge in [0.1, 0.15) is 5.82 Å². The molecule has 0 saturated heterocycles. The van der Waals surface area contributed by atoms with Gasteiger partial charge in [-0.25, -0.2) is 0 Å². The van der Waals surface area contributed by atoms with Gasteiger partial charge < -0.3 is 10.1 Å². The molecular weight excluding hydrogens is 282 g/mol. The highest BCUT2D eigenvalue weighted by atomic mass is 35.5. The van der Waals surface area contributed by atoms with E-state index in [0.29, 0.717) is 5.82 Å². The molecule has 1 aromatic heterocycles. The minimum atomic E-state index is -0.546. The Labute approximate surface area is 120 Å². The van der Waals surface area contributed by atoms with E-state index in [2.05, 4.69) is 10.3 Å². The van der Waals surface area contributed by atoms with Crippen LogP contribution in [0.1, 0.15) is 6.92 Å². The summed E-state index contributed by atoms with van der Waals surface area (Å²) in [6, 6.07) is 9.37. The van der Waals surface area contributed by atoms with E-state index >= 15 is 0 Å². The van der Waals surface area contributed by atoms with Crippen LogP contribution in [0.5, 0.6) is 11.6 Å². The molecule has 0 fully saturated rings. The molecule has 104 valence electrons. The fourth-order valence-corrected chi connectivity index (χ4v) is 1.75. The monoisotopic (exact) mass is 293 g/mol. The lowest BCUT2D eigenvalue weighted by Gasteiger charge is -2.07. The summed E-state index contributed by atoms with van der Waals surface area (Å²) in [6.45, 7) is 2.66. The molecule has 1 N–H and O–H groups in total. The topological polar surface area (TPSA) is 77.3 Å². The second-order valence-corrected chi connectivity index (χ2v) is 4.30. The van der Waals surface area contributed by atoms with Crippen LogP contribution >= 0.6 is 11.6 Å². The number of nitro benzene ring substituents is 1. The molecule has 0 radical (unpaired) electrons. The van der Waals surface area contributed by atoms with E-state index in [0.717, 1.165) is 6.54 Å². The van der Waals surface area contributed by atoms with E-state index in [1.807, 2.05) is 6.92 Å². The highest BCUT2D eigenvalue weighted by Crippen LogP contribution is 2.33. The van der Waals surface area contributed by atoms with Crippen molar-refractivity contribution in [3.05, 3.63) is 51.5 Å². The Hall–Kier alpha value is -2.34. The average Bonchev–Trinajstić information content (AvgIpc) is 2.41. The van der Waals surface area contributed by atoms with Crippen LogP contribution in [0, 0.1) is 10.1 Å². The van der Waals surface area contributed by atoms with Crippen molar-refractivity contribution in [2.45, 2.75) is 6.92 Å². The summed E-state index contributed by atoms with van der Waals surface area (Å²) in [7, 11) is 0. The summed E-state index contributed by atoms with van der Waals surface area (Å²) in [5, 5.41) is 14.3. The molecule has 0 aliphatic rings. The Kier molecular flexibility index (Phi) is 4.37. The van der Waals surface area contributed by atoms with Gasteiger partial charge in [0.2, 0.25) is 11.6 Å².